The van der Waals surface area contributed by atoms with Crippen molar-refractivity contribution < 1.29 is 9.59 Å². The fourth-order valence-electron chi connectivity index (χ4n) is 2.50. The van der Waals surface area contributed by atoms with Crippen LogP contribution < -0.4 is 0 Å². The van der Waals surface area contributed by atoms with Crippen LogP contribution in [0, 0.1) is 0 Å². The van der Waals surface area contributed by atoms with Gasteiger partial charge in [-0.25, -0.2) is 0 Å². The van der Waals surface area contributed by atoms with Crippen molar-refractivity contribution in [3.63, 3.8) is 0 Å². The second kappa shape index (κ2) is 6.94. The number of carbonyl (C=O) groups excluding carboxylic acids is 2. The Kier molecular flexibility index (Phi) is 5.23. The van der Waals surface area contributed by atoms with Crippen LogP contribution in [0.15, 0.2) is 34.9 Å². The molecule has 0 aromatic heterocycles. The van der Waals surface area contributed by atoms with E-state index in [9.17, 15) is 9.59 Å². The number of likely N-dealkylation sites (N-methyl/N-ethyl adjacent to an activating group) is 1. The largest absolute Gasteiger partial charge is 0.368 e. The topological polar surface area (TPSA) is 37.4 Å². The van der Waals surface area contributed by atoms with Gasteiger partial charge in [0.1, 0.15) is 5.70 Å². The van der Waals surface area contributed by atoms with Crippen molar-refractivity contribution in [2.24, 2.45) is 0 Å². The highest BCUT2D eigenvalue weighted by atomic mass is 32.2. The number of nitrogens with zero attached hydrogens (tertiary/aromatic N) is 1. The van der Waals surface area contributed by atoms with Crippen LogP contribution in [0.5, 0.6) is 0 Å². The Bertz CT molecular complexity index is 588. The summed E-state index contributed by atoms with van der Waals surface area (Å²) in [4.78, 5) is 28.2. The van der Waals surface area contributed by atoms with E-state index in [2.05, 4.69) is 6.92 Å². The van der Waals surface area contributed by atoms with E-state index in [0.29, 0.717) is 21.7 Å². The SMILES string of the molecule is CCCSC1=C(N(CC)CC)C(=O)c2ccccc2C1=O. The van der Waals surface area contributed by atoms with Crippen LogP contribution in [0.3, 0.4) is 0 Å². The molecular formula is C17H21NO2S. The van der Waals surface area contributed by atoms with E-state index in [4.69, 9.17) is 0 Å². The van der Waals surface area contributed by atoms with E-state index in [-0.39, 0.29) is 11.6 Å². The average molecular weight is 303 g/mol. The van der Waals surface area contributed by atoms with Crippen LogP contribution in [0.1, 0.15) is 47.9 Å². The van der Waals surface area contributed by atoms with E-state index in [1.54, 1.807) is 12.1 Å². The quantitative estimate of drug-likeness (QED) is 0.802. The fraction of sp³-hybridized carbons (Fsp3) is 0.412. The minimum Gasteiger partial charge on any atom is -0.368 e. The normalized spacial score (nSPS) is 14.4. The monoisotopic (exact) mass is 303 g/mol. The van der Waals surface area contributed by atoms with Gasteiger partial charge in [-0.1, -0.05) is 31.2 Å². The summed E-state index contributed by atoms with van der Waals surface area (Å²) in [6, 6.07) is 7.13. The minimum atomic E-state index is -0.0208. The molecule has 3 nitrogen and oxygen atoms in total. The lowest BCUT2D eigenvalue weighted by Crippen LogP contribution is -2.33. The highest BCUT2D eigenvalue weighted by molar-refractivity contribution is 8.04. The fourth-order valence-corrected chi connectivity index (χ4v) is 3.51. The number of carbonyl (C=O) groups is 2. The van der Waals surface area contributed by atoms with E-state index >= 15 is 0 Å². The standard InChI is InChI=1S/C17H21NO2S/c1-4-11-21-17-14(18(5-2)6-3)15(19)12-9-7-8-10-13(12)16(17)20/h7-10H,4-6,11H2,1-3H3. The maximum Gasteiger partial charge on any atom is 0.211 e. The van der Waals surface area contributed by atoms with E-state index in [0.717, 1.165) is 25.3 Å². The van der Waals surface area contributed by atoms with Gasteiger partial charge in [0.15, 0.2) is 0 Å². The zero-order valence-electron chi connectivity index (χ0n) is 12.8. The lowest BCUT2D eigenvalue weighted by molar-refractivity contribution is 0.0950. The van der Waals surface area contributed by atoms with Crippen LogP contribution in [-0.4, -0.2) is 35.3 Å². The van der Waals surface area contributed by atoms with Crippen LogP contribution >= 0.6 is 11.8 Å². The van der Waals surface area contributed by atoms with Gasteiger partial charge >= 0.3 is 0 Å². The molecule has 0 unspecified atom stereocenters. The molecule has 1 aromatic carbocycles. The first kappa shape index (κ1) is 15.8. The van der Waals surface area contributed by atoms with Gasteiger partial charge in [-0.3, -0.25) is 9.59 Å². The van der Waals surface area contributed by atoms with E-state index in [1.807, 2.05) is 30.9 Å². The van der Waals surface area contributed by atoms with E-state index < -0.39 is 0 Å². The van der Waals surface area contributed by atoms with Gasteiger partial charge in [0.2, 0.25) is 11.6 Å². The molecule has 0 spiro atoms. The van der Waals surface area contributed by atoms with Crippen molar-refractivity contribution in [1.29, 1.82) is 0 Å². The third-order valence-electron chi connectivity index (χ3n) is 3.58. The number of Topliss-reactive ketones (excluding diaryl/α,β-unsaturated/α-hetero) is 2. The molecule has 0 saturated carbocycles. The molecule has 0 radical (unpaired) electrons. The number of benzene rings is 1. The van der Waals surface area contributed by atoms with Crippen molar-refractivity contribution >= 4 is 23.3 Å². The number of ketones is 2. The van der Waals surface area contributed by atoms with Gasteiger partial charge in [-0.05, 0) is 26.0 Å². The second-order valence-corrected chi connectivity index (χ2v) is 6.01. The van der Waals surface area contributed by atoms with Crippen LogP contribution in [-0.2, 0) is 0 Å². The first-order chi connectivity index (χ1) is 10.2. The van der Waals surface area contributed by atoms with Crippen molar-refractivity contribution in [1.82, 2.24) is 4.90 Å². The minimum absolute atomic E-state index is 0.00875. The van der Waals surface area contributed by atoms with Crippen molar-refractivity contribution in [3.05, 3.63) is 46.0 Å². The third kappa shape index (κ3) is 2.91. The van der Waals surface area contributed by atoms with Crippen LogP contribution in [0.4, 0.5) is 0 Å². The summed E-state index contributed by atoms with van der Waals surface area (Å²) < 4.78 is 0. The Morgan fingerprint density at radius 3 is 2.05 bits per heavy atom. The molecule has 0 N–H and O–H groups in total. The predicted octanol–water partition coefficient (Wildman–Crippen LogP) is 3.76. The molecule has 1 aromatic rings. The Hall–Kier alpha value is -1.55. The Labute approximate surface area is 130 Å². The van der Waals surface area contributed by atoms with Gasteiger partial charge in [0, 0.05) is 24.2 Å². The zero-order valence-corrected chi connectivity index (χ0v) is 13.6. The lowest BCUT2D eigenvalue weighted by atomic mass is 9.92. The number of hydrogen-bond acceptors (Lipinski definition) is 4. The van der Waals surface area contributed by atoms with Crippen LogP contribution in [0.2, 0.25) is 0 Å². The smallest absolute Gasteiger partial charge is 0.211 e. The Morgan fingerprint density at radius 2 is 1.52 bits per heavy atom. The molecule has 0 bridgehead atoms. The summed E-state index contributed by atoms with van der Waals surface area (Å²) in [7, 11) is 0. The molecule has 112 valence electrons. The van der Waals surface area contributed by atoms with Gasteiger partial charge in [0.05, 0.1) is 4.91 Å². The maximum absolute atomic E-state index is 12.8. The maximum atomic E-state index is 12.8. The molecule has 0 fully saturated rings. The molecular weight excluding hydrogens is 282 g/mol. The summed E-state index contributed by atoms with van der Waals surface area (Å²) in [5, 5.41) is 0. The molecule has 0 heterocycles. The van der Waals surface area contributed by atoms with Gasteiger partial charge in [0.25, 0.3) is 0 Å². The van der Waals surface area contributed by atoms with Crippen LogP contribution in [0.25, 0.3) is 0 Å². The summed E-state index contributed by atoms with van der Waals surface area (Å²) >= 11 is 1.51. The first-order valence-corrected chi connectivity index (χ1v) is 8.44. The molecule has 1 aliphatic rings. The number of fused-ring (bicyclic) bond motifs is 1. The molecule has 4 heteroatoms. The molecule has 0 atom stereocenters. The predicted molar refractivity (Wildman–Crippen MR) is 87.8 cm³/mol. The first-order valence-electron chi connectivity index (χ1n) is 7.46. The Morgan fingerprint density at radius 1 is 0.952 bits per heavy atom. The number of allylic oxidation sites excluding steroid dienone is 2. The zero-order chi connectivity index (χ0) is 15.4. The summed E-state index contributed by atoms with van der Waals surface area (Å²) in [5.74, 6) is 0.819. The van der Waals surface area contributed by atoms with Crippen molar-refractivity contribution in [2.75, 3.05) is 18.8 Å². The van der Waals surface area contributed by atoms with Gasteiger partial charge < -0.3 is 4.90 Å². The molecule has 0 aliphatic heterocycles. The number of hydrogen-bond donors (Lipinski definition) is 0. The van der Waals surface area contributed by atoms with Crippen molar-refractivity contribution in [3.8, 4) is 0 Å². The lowest BCUT2D eigenvalue weighted by Gasteiger charge is -2.29. The number of thioether (sulfide) groups is 1. The molecule has 0 amide bonds. The highest BCUT2D eigenvalue weighted by Gasteiger charge is 2.34. The third-order valence-corrected chi connectivity index (χ3v) is 4.86. The second-order valence-electron chi connectivity index (χ2n) is 4.90. The Balaban J connectivity index is 2.57. The molecule has 1 aliphatic carbocycles. The molecule has 21 heavy (non-hydrogen) atoms. The number of rotatable bonds is 6. The highest BCUT2D eigenvalue weighted by Crippen LogP contribution is 2.34. The van der Waals surface area contributed by atoms with Gasteiger partial charge in [-0.2, -0.15) is 0 Å². The summed E-state index contributed by atoms with van der Waals surface area (Å²) in [6.07, 6.45) is 0.975. The van der Waals surface area contributed by atoms with Crippen molar-refractivity contribution in [2.45, 2.75) is 27.2 Å². The van der Waals surface area contributed by atoms with E-state index in [1.165, 1.54) is 11.8 Å². The average Bonchev–Trinajstić information content (AvgIpc) is 2.52. The summed E-state index contributed by atoms with van der Waals surface area (Å²) in [6.45, 7) is 7.55. The molecule has 2 rings (SSSR count). The summed E-state index contributed by atoms with van der Waals surface area (Å²) in [5.41, 5.74) is 1.66. The van der Waals surface area contributed by atoms with Gasteiger partial charge in [-0.15, -0.1) is 11.8 Å². The molecule has 0 saturated heterocycles.